The smallest absolute Gasteiger partial charge is 0.243 e. The summed E-state index contributed by atoms with van der Waals surface area (Å²) in [5.74, 6) is 0. The molecule has 0 spiro atoms. The molecule has 162 valence electrons. The van der Waals surface area contributed by atoms with Crippen LogP contribution in [0, 0.1) is 6.92 Å². The first kappa shape index (κ1) is 20.6. The van der Waals surface area contributed by atoms with Gasteiger partial charge in [-0.1, -0.05) is 29.8 Å². The fraction of sp³-hybridized carbons (Fsp3) is 0.348. The van der Waals surface area contributed by atoms with E-state index in [2.05, 4.69) is 41.1 Å². The van der Waals surface area contributed by atoms with Crippen LogP contribution < -0.4 is 4.80 Å². The number of hydrogen-bond acceptors (Lipinski definition) is 5. The van der Waals surface area contributed by atoms with Crippen molar-refractivity contribution in [3.05, 3.63) is 64.3 Å². The van der Waals surface area contributed by atoms with E-state index >= 15 is 0 Å². The van der Waals surface area contributed by atoms with Crippen LogP contribution in [-0.4, -0.2) is 43.6 Å². The third kappa shape index (κ3) is 4.25. The SMILES string of the molecule is Cc1ccc(-c2csc(=Nc3ccc(S(=O)(=O)N4CCOCC4)cc3)n2C2CC2)cc1. The molecule has 1 aliphatic carbocycles. The molecule has 2 aromatic carbocycles. The van der Waals surface area contributed by atoms with E-state index in [-0.39, 0.29) is 0 Å². The Kier molecular flexibility index (Phi) is 5.56. The summed E-state index contributed by atoms with van der Waals surface area (Å²) in [6.45, 7) is 3.76. The minimum Gasteiger partial charge on any atom is -0.379 e. The number of aryl methyl sites for hydroxylation is 1. The number of ether oxygens (including phenoxy) is 1. The highest BCUT2D eigenvalue weighted by molar-refractivity contribution is 7.89. The van der Waals surface area contributed by atoms with Gasteiger partial charge in [-0.25, -0.2) is 13.4 Å². The molecule has 3 aromatic rings. The number of aromatic nitrogens is 1. The number of benzene rings is 2. The van der Waals surface area contributed by atoms with E-state index < -0.39 is 10.0 Å². The maximum absolute atomic E-state index is 12.8. The molecule has 1 aliphatic heterocycles. The predicted molar refractivity (Wildman–Crippen MR) is 122 cm³/mol. The zero-order valence-corrected chi connectivity index (χ0v) is 19.0. The molecule has 5 rings (SSSR count). The summed E-state index contributed by atoms with van der Waals surface area (Å²) in [6.07, 6.45) is 2.33. The second kappa shape index (κ2) is 8.35. The van der Waals surface area contributed by atoms with Crippen LogP contribution in [0.4, 0.5) is 5.69 Å². The first-order valence-electron chi connectivity index (χ1n) is 10.5. The van der Waals surface area contributed by atoms with Gasteiger partial charge in [0.1, 0.15) is 0 Å². The molecular formula is C23H25N3O3S2. The fourth-order valence-corrected chi connectivity index (χ4v) is 6.16. The van der Waals surface area contributed by atoms with Gasteiger partial charge in [-0.2, -0.15) is 4.31 Å². The van der Waals surface area contributed by atoms with Crippen molar-refractivity contribution in [1.82, 2.24) is 8.87 Å². The Morgan fingerprint density at radius 1 is 1.00 bits per heavy atom. The lowest BCUT2D eigenvalue weighted by Gasteiger charge is -2.26. The standard InChI is InChI=1S/C23H25N3O3S2/c1-17-2-4-18(5-3-17)22-16-30-23(26(22)20-8-9-20)24-19-6-10-21(11-7-19)31(27,28)25-12-14-29-15-13-25/h2-7,10-11,16,20H,8-9,12-15H2,1H3. The average Bonchev–Trinajstić information content (AvgIpc) is 3.55. The Bertz CT molecular complexity index is 1230. The van der Waals surface area contributed by atoms with Gasteiger partial charge in [0.25, 0.3) is 0 Å². The topological polar surface area (TPSA) is 63.9 Å². The molecule has 2 fully saturated rings. The maximum atomic E-state index is 12.8. The number of nitrogens with zero attached hydrogens (tertiary/aromatic N) is 3. The highest BCUT2D eigenvalue weighted by Crippen LogP contribution is 2.38. The molecule has 31 heavy (non-hydrogen) atoms. The highest BCUT2D eigenvalue weighted by Gasteiger charge is 2.28. The molecule has 2 aliphatic rings. The van der Waals surface area contributed by atoms with Gasteiger partial charge in [0.05, 0.1) is 29.5 Å². The lowest BCUT2D eigenvalue weighted by Crippen LogP contribution is -2.40. The second-order valence-electron chi connectivity index (χ2n) is 7.99. The Morgan fingerprint density at radius 2 is 1.68 bits per heavy atom. The summed E-state index contributed by atoms with van der Waals surface area (Å²) in [5, 5.41) is 2.17. The van der Waals surface area contributed by atoms with Crippen molar-refractivity contribution in [3.8, 4) is 11.3 Å². The van der Waals surface area contributed by atoms with E-state index in [1.54, 1.807) is 35.6 Å². The molecule has 0 amide bonds. The van der Waals surface area contributed by atoms with Crippen molar-refractivity contribution >= 4 is 27.0 Å². The van der Waals surface area contributed by atoms with Crippen LogP contribution in [0.1, 0.15) is 24.4 Å². The third-order valence-electron chi connectivity index (χ3n) is 5.67. The Morgan fingerprint density at radius 3 is 2.32 bits per heavy atom. The molecule has 2 heterocycles. The number of rotatable bonds is 5. The maximum Gasteiger partial charge on any atom is 0.243 e. The zero-order chi connectivity index (χ0) is 21.4. The van der Waals surface area contributed by atoms with Crippen LogP contribution in [0.5, 0.6) is 0 Å². The first-order chi connectivity index (χ1) is 15.0. The number of hydrogen-bond donors (Lipinski definition) is 0. The highest BCUT2D eigenvalue weighted by atomic mass is 32.2. The van der Waals surface area contributed by atoms with Crippen molar-refractivity contribution in [2.24, 2.45) is 4.99 Å². The minimum atomic E-state index is -3.49. The minimum absolute atomic E-state index is 0.301. The monoisotopic (exact) mass is 455 g/mol. The van der Waals surface area contributed by atoms with Crippen LogP contribution in [0.3, 0.4) is 0 Å². The molecule has 1 saturated carbocycles. The van der Waals surface area contributed by atoms with E-state index in [1.165, 1.54) is 34.0 Å². The summed E-state index contributed by atoms with van der Waals surface area (Å²) >= 11 is 1.63. The molecule has 0 bridgehead atoms. The second-order valence-corrected chi connectivity index (χ2v) is 10.8. The summed E-state index contributed by atoms with van der Waals surface area (Å²) in [5.41, 5.74) is 4.39. The zero-order valence-electron chi connectivity index (χ0n) is 17.4. The van der Waals surface area contributed by atoms with Gasteiger partial charge in [-0.05, 0) is 49.6 Å². The van der Waals surface area contributed by atoms with Crippen LogP contribution in [0.2, 0.25) is 0 Å². The van der Waals surface area contributed by atoms with E-state index in [0.717, 1.165) is 10.5 Å². The van der Waals surface area contributed by atoms with E-state index in [1.807, 2.05) is 0 Å². The Hall–Kier alpha value is -2.26. The van der Waals surface area contributed by atoms with Gasteiger partial charge in [0.2, 0.25) is 10.0 Å². The number of thiazole rings is 1. The number of morpholine rings is 1. The fourth-order valence-electron chi connectivity index (χ4n) is 3.76. The normalized spacial score (nSPS) is 18.4. The molecule has 0 atom stereocenters. The average molecular weight is 456 g/mol. The van der Waals surface area contributed by atoms with Crippen molar-refractivity contribution in [1.29, 1.82) is 0 Å². The summed E-state index contributed by atoms with van der Waals surface area (Å²) in [6, 6.07) is 16.0. The van der Waals surface area contributed by atoms with Gasteiger partial charge < -0.3 is 9.30 Å². The van der Waals surface area contributed by atoms with Crippen LogP contribution in [0.15, 0.2) is 63.8 Å². The van der Waals surface area contributed by atoms with Gasteiger partial charge >= 0.3 is 0 Å². The van der Waals surface area contributed by atoms with E-state index in [0.29, 0.717) is 37.2 Å². The molecule has 0 unspecified atom stereocenters. The summed E-state index contributed by atoms with van der Waals surface area (Å²) in [7, 11) is -3.49. The third-order valence-corrected chi connectivity index (χ3v) is 8.42. The van der Waals surface area contributed by atoms with Crippen LogP contribution in [0.25, 0.3) is 11.3 Å². The quantitative estimate of drug-likeness (QED) is 0.582. The Balaban J connectivity index is 1.46. The van der Waals surface area contributed by atoms with Crippen LogP contribution in [-0.2, 0) is 14.8 Å². The van der Waals surface area contributed by atoms with Crippen molar-refractivity contribution < 1.29 is 13.2 Å². The molecule has 8 heteroatoms. The molecular weight excluding hydrogens is 430 g/mol. The molecule has 0 N–H and O–H groups in total. The van der Waals surface area contributed by atoms with Gasteiger partial charge in [-0.3, -0.25) is 0 Å². The predicted octanol–water partition coefficient (Wildman–Crippen LogP) is 4.11. The number of sulfonamides is 1. The summed E-state index contributed by atoms with van der Waals surface area (Å²) < 4.78 is 34.7. The molecule has 0 radical (unpaired) electrons. The van der Waals surface area contributed by atoms with Crippen LogP contribution >= 0.6 is 11.3 Å². The Labute approximate surface area is 186 Å². The molecule has 1 saturated heterocycles. The lowest BCUT2D eigenvalue weighted by molar-refractivity contribution is 0.0730. The van der Waals surface area contributed by atoms with Gasteiger partial charge in [-0.15, -0.1) is 11.3 Å². The van der Waals surface area contributed by atoms with Gasteiger partial charge in [0, 0.05) is 24.5 Å². The lowest BCUT2D eigenvalue weighted by atomic mass is 10.1. The van der Waals surface area contributed by atoms with Crippen molar-refractivity contribution in [2.45, 2.75) is 30.7 Å². The first-order valence-corrected chi connectivity index (χ1v) is 12.8. The molecule has 6 nitrogen and oxygen atoms in total. The van der Waals surface area contributed by atoms with Crippen molar-refractivity contribution in [2.75, 3.05) is 26.3 Å². The van der Waals surface area contributed by atoms with Gasteiger partial charge in [0.15, 0.2) is 4.80 Å². The van der Waals surface area contributed by atoms with E-state index in [9.17, 15) is 8.42 Å². The van der Waals surface area contributed by atoms with Crippen molar-refractivity contribution in [3.63, 3.8) is 0 Å². The summed E-state index contributed by atoms with van der Waals surface area (Å²) in [4.78, 5) is 6.10. The largest absolute Gasteiger partial charge is 0.379 e. The molecule has 1 aromatic heterocycles. The van der Waals surface area contributed by atoms with E-state index in [4.69, 9.17) is 9.73 Å².